The summed E-state index contributed by atoms with van der Waals surface area (Å²) in [6, 6.07) is 15.9. The third kappa shape index (κ3) is 4.62. The topological polar surface area (TPSA) is 52.7 Å². The molecule has 152 valence electrons. The molecule has 1 fully saturated rings. The lowest BCUT2D eigenvalue weighted by atomic mass is 10.00. The zero-order chi connectivity index (χ0) is 20.2. The zero-order valence-electron chi connectivity index (χ0n) is 16.4. The molecule has 4 rings (SSSR count). The summed E-state index contributed by atoms with van der Waals surface area (Å²) in [5, 5.41) is 3.55. The highest BCUT2D eigenvalue weighted by Crippen LogP contribution is 2.31. The molecule has 5 nitrogen and oxygen atoms in total. The van der Waals surface area contributed by atoms with Gasteiger partial charge in [0.05, 0.1) is 16.6 Å². The Morgan fingerprint density at radius 1 is 1.10 bits per heavy atom. The number of carbonyl (C=O) groups is 2. The number of fused-ring (bicyclic) bond motifs is 1. The molecule has 1 saturated heterocycles. The van der Waals surface area contributed by atoms with Crippen LogP contribution in [-0.2, 0) is 22.6 Å². The van der Waals surface area contributed by atoms with E-state index in [0.29, 0.717) is 23.8 Å². The van der Waals surface area contributed by atoms with Crippen molar-refractivity contribution in [3.8, 4) is 0 Å². The quantitative estimate of drug-likeness (QED) is 0.742. The average molecular weight is 412 g/mol. The minimum absolute atomic E-state index is 0.0445. The standard InChI is InChI=1S/C23H26ClN3O2/c24-20-8-3-4-9-21(20)27-16-19(14-22(27)28)23(29)25-11-5-12-26-13-10-17-6-1-2-7-18(17)15-26/h1-4,6-9,19H,5,10-16H2,(H,25,29)/t19-/m0/s1. The van der Waals surface area contributed by atoms with Gasteiger partial charge in [-0.2, -0.15) is 0 Å². The van der Waals surface area contributed by atoms with Gasteiger partial charge < -0.3 is 10.2 Å². The van der Waals surface area contributed by atoms with Gasteiger partial charge in [-0.1, -0.05) is 48.0 Å². The number of halogens is 1. The summed E-state index contributed by atoms with van der Waals surface area (Å²) in [5.74, 6) is -0.414. The van der Waals surface area contributed by atoms with Crippen molar-refractivity contribution in [3.63, 3.8) is 0 Å². The first kappa shape index (κ1) is 19.9. The maximum Gasteiger partial charge on any atom is 0.227 e. The number of carbonyl (C=O) groups excluding carboxylic acids is 2. The van der Waals surface area contributed by atoms with Gasteiger partial charge in [0.1, 0.15) is 0 Å². The summed E-state index contributed by atoms with van der Waals surface area (Å²) in [4.78, 5) is 29.0. The maximum absolute atomic E-state index is 12.5. The number of anilines is 1. The highest BCUT2D eigenvalue weighted by atomic mass is 35.5. The van der Waals surface area contributed by atoms with Crippen molar-refractivity contribution in [1.29, 1.82) is 0 Å². The van der Waals surface area contributed by atoms with Crippen LogP contribution in [0.25, 0.3) is 0 Å². The van der Waals surface area contributed by atoms with Crippen LogP contribution in [0.4, 0.5) is 5.69 Å². The van der Waals surface area contributed by atoms with Gasteiger partial charge in [-0.05, 0) is 36.1 Å². The van der Waals surface area contributed by atoms with Gasteiger partial charge in [-0.15, -0.1) is 0 Å². The van der Waals surface area contributed by atoms with Crippen molar-refractivity contribution >= 4 is 29.1 Å². The Kier molecular flexibility index (Phi) is 6.16. The van der Waals surface area contributed by atoms with Gasteiger partial charge in [0.15, 0.2) is 0 Å². The Labute approximate surface area is 176 Å². The van der Waals surface area contributed by atoms with E-state index >= 15 is 0 Å². The number of nitrogens with one attached hydrogen (secondary N) is 1. The third-order valence-electron chi connectivity index (χ3n) is 5.80. The van der Waals surface area contributed by atoms with Crippen LogP contribution in [0.3, 0.4) is 0 Å². The fraction of sp³-hybridized carbons (Fsp3) is 0.391. The normalized spacial score (nSPS) is 19.3. The summed E-state index contributed by atoms with van der Waals surface area (Å²) in [6.45, 7) is 4.03. The second-order valence-corrected chi connectivity index (χ2v) is 8.20. The molecule has 1 atom stereocenters. The van der Waals surface area contributed by atoms with Crippen molar-refractivity contribution in [2.24, 2.45) is 5.92 Å². The van der Waals surface area contributed by atoms with E-state index in [1.54, 1.807) is 11.0 Å². The first-order valence-electron chi connectivity index (χ1n) is 10.2. The van der Waals surface area contributed by atoms with Gasteiger partial charge in [-0.3, -0.25) is 14.5 Å². The van der Waals surface area contributed by atoms with E-state index in [9.17, 15) is 9.59 Å². The largest absolute Gasteiger partial charge is 0.356 e. The summed E-state index contributed by atoms with van der Waals surface area (Å²) in [5.41, 5.74) is 3.54. The molecule has 0 bridgehead atoms. The molecule has 2 amide bonds. The minimum Gasteiger partial charge on any atom is -0.356 e. The lowest BCUT2D eigenvalue weighted by Gasteiger charge is -2.28. The molecule has 2 aromatic rings. The number of amides is 2. The summed E-state index contributed by atoms with van der Waals surface area (Å²) < 4.78 is 0. The smallest absolute Gasteiger partial charge is 0.227 e. The lowest BCUT2D eigenvalue weighted by molar-refractivity contribution is -0.126. The molecule has 6 heteroatoms. The number of para-hydroxylation sites is 1. The van der Waals surface area contributed by atoms with Crippen LogP contribution >= 0.6 is 11.6 Å². The van der Waals surface area contributed by atoms with Crippen molar-refractivity contribution < 1.29 is 9.59 Å². The van der Waals surface area contributed by atoms with Crippen LogP contribution in [-0.4, -0.2) is 42.9 Å². The van der Waals surface area contributed by atoms with Crippen molar-refractivity contribution in [1.82, 2.24) is 10.2 Å². The molecule has 0 unspecified atom stereocenters. The minimum atomic E-state index is -0.319. The molecule has 0 spiro atoms. The number of benzene rings is 2. The van der Waals surface area contributed by atoms with Crippen molar-refractivity contribution in [2.75, 3.05) is 31.1 Å². The monoisotopic (exact) mass is 411 g/mol. The van der Waals surface area contributed by atoms with E-state index in [2.05, 4.69) is 34.5 Å². The zero-order valence-corrected chi connectivity index (χ0v) is 17.2. The van der Waals surface area contributed by atoms with E-state index in [0.717, 1.165) is 32.5 Å². The van der Waals surface area contributed by atoms with Crippen molar-refractivity contribution in [2.45, 2.75) is 25.8 Å². The SMILES string of the molecule is O=C(NCCCN1CCc2ccccc2C1)[C@H]1CC(=O)N(c2ccccc2Cl)C1. The first-order chi connectivity index (χ1) is 14.1. The lowest BCUT2D eigenvalue weighted by Crippen LogP contribution is -2.36. The molecule has 2 aliphatic rings. The van der Waals surface area contributed by atoms with Crippen LogP contribution in [0.1, 0.15) is 24.0 Å². The molecular formula is C23H26ClN3O2. The Morgan fingerprint density at radius 3 is 2.69 bits per heavy atom. The molecule has 29 heavy (non-hydrogen) atoms. The molecule has 2 aliphatic heterocycles. The Hall–Kier alpha value is -2.37. The summed E-state index contributed by atoms with van der Waals surface area (Å²) in [7, 11) is 0. The fourth-order valence-electron chi connectivity index (χ4n) is 4.19. The van der Waals surface area contributed by atoms with E-state index in [-0.39, 0.29) is 24.2 Å². The van der Waals surface area contributed by atoms with Gasteiger partial charge in [0, 0.05) is 39.1 Å². The molecule has 1 N–H and O–H groups in total. The van der Waals surface area contributed by atoms with E-state index in [4.69, 9.17) is 11.6 Å². The predicted molar refractivity (Wildman–Crippen MR) is 115 cm³/mol. The van der Waals surface area contributed by atoms with Gasteiger partial charge in [0.25, 0.3) is 0 Å². The van der Waals surface area contributed by atoms with Crippen molar-refractivity contribution in [3.05, 3.63) is 64.7 Å². The Balaban J connectivity index is 1.22. The van der Waals surface area contributed by atoms with Crippen LogP contribution in [0, 0.1) is 5.92 Å². The van der Waals surface area contributed by atoms with Crippen LogP contribution in [0.2, 0.25) is 5.02 Å². The molecular weight excluding hydrogens is 386 g/mol. The first-order valence-corrected chi connectivity index (χ1v) is 10.6. The second-order valence-electron chi connectivity index (χ2n) is 7.80. The number of nitrogens with zero attached hydrogens (tertiary/aromatic N) is 2. The van der Waals surface area contributed by atoms with Gasteiger partial charge >= 0.3 is 0 Å². The molecule has 0 radical (unpaired) electrons. The van der Waals surface area contributed by atoms with Crippen LogP contribution < -0.4 is 10.2 Å². The van der Waals surface area contributed by atoms with E-state index in [1.165, 1.54) is 11.1 Å². The number of rotatable bonds is 6. The van der Waals surface area contributed by atoms with Crippen LogP contribution in [0.5, 0.6) is 0 Å². The predicted octanol–water partition coefficient (Wildman–Crippen LogP) is 3.26. The molecule has 2 aromatic carbocycles. The number of hydrogen-bond acceptors (Lipinski definition) is 3. The van der Waals surface area contributed by atoms with Gasteiger partial charge in [-0.25, -0.2) is 0 Å². The van der Waals surface area contributed by atoms with Gasteiger partial charge in [0.2, 0.25) is 11.8 Å². The maximum atomic E-state index is 12.5. The highest BCUT2D eigenvalue weighted by molar-refractivity contribution is 6.33. The molecule has 0 saturated carbocycles. The third-order valence-corrected chi connectivity index (χ3v) is 6.12. The van der Waals surface area contributed by atoms with E-state index < -0.39 is 0 Å². The number of hydrogen-bond donors (Lipinski definition) is 1. The Morgan fingerprint density at radius 2 is 1.86 bits per heavy atom. The van der Waals surface area contributed by atoms with Crippen LogP contribution in [0.15, 0.2) is 48.5 Å². The second kappa shape index (κ2) is 8.97. The summed E-state index contributed by atoms with van der Waals surface area (Å²) in [6.07, 6.45) is 2.23. The molecule has 0 aromatic heterocycles. The fourth-order valence-corrected chi connectivity index (χ4v) is 4.43. The highest BCUT2D eigenvalue weighted by Gasteiger charge is 2.35. The van der Waals surface area contributed by atoms with E-state index in [1.807, 2.05) is 18.2 Å². The Bertz CT molecular complexity index is 901. The molecule has 2 heterocycles. The summed E-state index contributed by atoms with van der Waals surface area (Å²) >= 11 is 6.21. The molecule has 0 aliphatic carbocycles. The average Bonchev–Trinajstić information content (AvgIpc) is 3.13.